The molecule has 0 unspecified atom stereocenters. The van der Waals surface area contributed by atoms with Gasteiger partial charge in [0, 0.05) is 29.3 Å². The summed E-state index contributed by atoms with van der Waals surface area (Å²) in [5.41, 5.74) is 2.61. The van der Waals surface area contributed by atoms with Crippen LogP contribution in [0.5, 0.6) is 11.6 Å². The number of aromatic nitrogens is 2. The Morgan fingerprint density at radius 3 is 2.43 bits per heavy atom. The van der Waals surface area contributed by atoms with Crippen LogP contribution in [0.4, 0.5) is 0 Å². The topological polar surface area (TPSA) is 82.5 Å². The lowest BCUT2D eigenvalue weighted by molar-refractivity contribution is 0.0954. The zero-order valence-corrected chi connectivity index (χ0v) is 19.9. The molecule has 0 aliphatic rings. The predicted octanol–water partition coefficient (Wildman–Crippen LogP) is 4.45. The standard InChI is InChI=1S/C27H24ClN3O4/c1-34-23-12-6-19(7-13-23)18-35-25-14-15-26(32)31(30-25)22-10-8-21(9-11-22)27(33)29-17-16-20-4-2-3-5-24(20)28/h2-15H,16-18H2,1H3,(H,29,33). The smallest absolute Gasteiger partial charge is 0.271 e. The van der Waals surface area contributed by atoms with Gasteiger partial charge < -0.3 is 14.8 Å². The van der Waals surface area contributed by atoms with Crippen molar-refractivity contribution in [3.05, 3.63) is 117 Å². The zero-order valence-electron chi connectivity index (χ0n) is 19.1. The highest BCUT2D eigenvalue weighted by molar-refractivity contribution is 6.31. The third-order valence-corrected chi connectivity index (χ3v) is 5.70. The fourth-order valence-corrected chi connectivity index (χ4v) is 3.63. The van der Waals surface area contributed by atoms with E-state index in [1.807, 2.05) is 48.5 Å². The van der Waals surface area contributed by atoms with Gasteiger partial charge in [-0.05, 0) is 60.0 Å². The molecule has 0 saturated heterocycles. The Morgan fingerprint density at radius 2 is 1.71 bits per heavy atom. The predicted molar refractivity (Wildman–Crippen MR) is 135 cm³/mol. The van der Waals surface area contributed by atoms with Crippen LogP contribution in [0.1, 0.15) is 21.5 Å². The monoisotopic (exact) mass is 489 g/mol. The average molecular weight is 490 g/mol. The molecule has 1 N–H and O–H groups in total. The van der Waals surface area contributed by atoms with Gasteiger partial charge in [-0.25, -0.2) is 0 Å². The first-order valence-electron chi connectivity index (χ1n) is 11.0. The summed E-state index contributed by atoms with van der Waals surface area (Å²) in [7, 11) is 1.61. The Morgan fingerprint density at radius 1 is 0.971 bits per heavy atom. The molecule has 8 heteroatoms. The van der Waals surface area contributed by atoms with Gasteiger partial charge in [-0.2, -0.15) is 4.68 Å². The van der Waals surface area contributed by atoms with E-state index in [1.54, 1.807) is 31.4 Å². The van der Waals surface area contributed by atoms with Crippen molar-refractivity contribution >= 4 is 17.5 Å². The van der Waals surface area contributed by atoms with E-state index in [0.717, 1.165) is 16.9 Å². The number of amides is 1. The van der Waals surface area contributed by atoms with E-state index < -0.39 is 0 Å². The quantitative estimate of drug-likeness (QED) is 0.375. The first-order valence-corrected chi connectivity index (χ1v) is 11.4. The fraction of sp³-hybridized carbons (Fsp3) is 0.148. The number of methoxy groups -OCH3 is 1. The Labute approximate surface area is 207 Å². The van der Waals surface area contributed by atoms with Crippen LogP contribution in [0, 0.1) is 0 Å². The van der Waals surface area contributed by atoms with Gasteiger partial charge in [0.15, 0.2) is 0 Å². The number of rotatable bonds is 9. The van der Waals surface area contributed by atoms with E-state index in [4.69, 9.17) is 21.1 Å². The van der Waals surface area contributed by atoms with Gasteiger partial charge >= 0.3 is 0 Å². The van der Waals surface area contributed by atoms with E-state index in [2.05, 4.69) is 10.4 Å². The fourth-order valence-electron chi connectivity index (χ4n) is 3.40. The second-order valence-electron chi connectivity index (χ2n) is 7.70. The van der Waals surface area contributed by atoms with Crippen LogP contribution in [0.2, 0.25) is 5.02 Å². The molecular formula is C27H24ClN3O4. The van der Waals surface area contributed by atoms with Crippen molar-refractivity contribution in [2.75, 3.05) is 13.7 Å². The maximum atomic E-state index is 12.5. The number of halogens is 1. The van der Waals surface area contributed by atoms with Gasteiger partial charge in [0.2, 0.25) is 5.88 Å². The van der Waals surface area contributed by atoms with Crippen LogP contribution >= 0.6 is 11.6 Å². The Bertz CT molecular complexity index is 1350. The van der Waals surface area contributed by atoms with Crippen LogP contribution in [0.3, 0.4) is 0 Å². The number of hydrogen-bond donors (Lipinski definition) is 1. The first kappa shape index (κ1) is 24.0. The summed E-state index contributed by atoms with van der Waals surface area (Å²) in [4.78, 5) is 24.9. The van der Waals surface area contributed by atoms with Gasteiger partial charge in [0.25, 0.3) is 11.5 Å². The highest BCUT2D eigenvalue weighted by atomic mass is 35.5. The number of ether oxygens (including phenoxy) is 2. The van der Waals surface area contributed by atoms with E-state index in [0.29, 0.717) is 41.7 Å². The number of carbonyl (C=O) groups is 1. The van der Waals surface area contributed by atoms with Crippen LogP contribution in [-0.2, 0) is 13.0 Å². The molecule has 1 amide bonds. The van der Waals surface area contributed by atoms with Gasteiger partial charge in [0.1, 0.15) is 12.4 Å². The summed E-state index contributed by atoms with van der Waals surface area (Å²) in [5, 5.41) is 7.87. The SMILES string of the molecule is COc1ccc(COc2ccc(=O)n(-c3ccc(C(=O)NCCc4ccccc4Cl)cc3)n2)cc1. The molecule has 0 bridgehead atoms. The highest BCUT2D eigenvalue weighted by Crippen LogP contribution is 2.16. The Balaban J connectivity index is 1.38. The molecule has 0 atom stereocenters. The molecule has 7 nitrogen and oxygen atoms in total. The molecule has 0 aliphatic carbocycles. The zero-order chi connectivity index (χ0) is 24.6. The first-order chi connectivity index (χ1) is 17.0. The van der Waals surface area contributed by atoms with Gasteiger partial charge in [0.05, 0.1) is 12.8 Å². The van der Waals surface area contributed by atoms with Crippen LogP contribution in [0.25, 0.3) is 5.69 Å². The lowest BCUT2D eigenvalue weighted by Crippen LogP contribution is -2.26. The van der Waals surface area contributed by atoms with E-state index >= 15 is 0 Å². The minimum atomic E-state index is -0.307. The molecule has 1 aromatic heterocycles. The second-order valence-corrected chi connectivity index (χ2v) is 8.11. The summed E-state index contributed by atoms with van der Waals surface area (Å²) in [6.07, 6.45) is 0.631. The van der Waals surface area contributed by atoms with Gasteiger partial charge in [-0.15, -0.1) is 5.10 Å². The number of carbonyl (C=O) groups excluding carboxylic acids is 1. The Hall–Kier alpha value is -4.10. The van der Waals surface area contributed by atoms with Crippen molar-refractivity contribution in [1.82, 2.24) is 15.1 Å². The summed E-state index contributed by atoms with van der Waals surface area (Å²) in [5.74, 6) is 0.862. The van der Waals surface area contributed by atoms with Crippen molar-refractivity contribution < 1.29 is 14.3 Å². The van der Waals surface area contributed by atoms with E-state index in [9.17, 15) is 9.59 Å². The second kappa shape index (κ2) is 11.4. The van der Waals surface area contributed by atoms with Gasteiger partial charge in [-0.3, -0.25) is 9.59 Å². The third kappa shape index (κ3) is 6.28. The number of hydrogen-bond acceptors (Lipinski definition) is 5. The van der Waals surface area contributed by atoms with Crippen molar-refractivity contribution in [2.24, 2.45) is 0 Å². The maximum Gasteiger partial charge on any atom is 0.271 e. The van der Waals surface area contributed by atoms with Crippen LogP contribution in [-0.4, -0.2) is 29.3 Å². The normalized spacial score (nSPS) is 10.6. The summed E-state index contributed by atoms with van der Waals surface area (Å²) in [6, 6.07) is 24.6. The molecule has 0 fully saturated rings. The number of benzene rings is 3. The van der Waals surface area contributed by atoms with Crippen molar-refractivity contribution in [3.8, 4) is 17.3 Å². The molecule has 3 aromatic carbocycles. The lowest BCUT2D eigenvalue weighted by atomic mass is 10.1. The average Bonchev–Trinajstić information content (AvgIpc) is 2.89. The maximum absolute atomic E-state index is 12.5. The summed E-state index contributed by atoms with van der Waals surface area (Å²) < 4.78 is 12.1. The highest BCUT2D eigenvalue weighted by Gasteiger charge is 2.09. The molecule has 35 heavy (non-hydrogen) atoms. The molecule has 178 valence electrons. The third-order valence-electron chi connectivity index (χ3n) is 5.33. The molecule has 1 heterocycles. The minimum absolute atomic E-state index is 0.208. The van der Waals surface area contributed by atoms with E-state index in [-0.39, 0.29) is 11.5 Å². The molecular weight excluding hydrogens is 466 g/mol. The molecule has 4 aromatic rings. The Kier molecular flexibility index (Phi) is 7.80. The molecule has 0 spiro atoms. The lowest BCUT2D eigenvalue weighted by Gasteiger charge is -2.10. The van der Waals surface area contributed by atoms with Gasteiger partial charge in [-0.1, -0.05) is 41.9 Å². The molecule has 0 saturated carbocycles. The van der Waals surface area contributed by atoms with E-state index in [1.165, 1.54) is 16.8 Å². The number of nitrogens with zero attached hydrogens (tertiary/aromatic N) is 2. The van der Waals surface area contributed by atoms with Crippen molar-refractivity contribution in [1.29, 1.82) is 0 Å². The van der Waals surface area contributed by atoms with Crippen molar-refractivity contribution in [3.63, 3.8) is 0 Å². The minimum Gasteiger partial charge on any atom is -0.497 e. The van der Waals surface area contributed by atoms with Crippen molar-refractivity contribution in [2.45, 2.75) is 13.0 Å². The molecule has 0 aliphatic heterocycles. The molecule has 4 rings (SSSR count). The van der Waals surface area contributed by atoms with Crippen LogP contribution in [0.15, 0.2) is 89.7 Å². The number of nitrogens with one attached hydrogen (secondary N) is 1. The summed E-state index contributed by atoms with van der Waals surface area (Å²) >= 11 is 6.16. The van der Waals surface area contributed by atoms with Crippen LogP contribution < -0.4 is 20.3 Å². The summed E-state index contributed by atoms with van der Waals surface area (Å²) in [6.45, 7) is 0.751. The molecule has 0 radical (unpaired) electrons. The largest absolute Gasteiger partial charge is 0.497 e.